The van der Waals surface area contributed by atoms with E-state index in [1.807, 2.05) is 12.3 Å². The highest BCUT2D eigenvalue weighted by molar-refractivity contribution is 6.02. The SMILES string of the molecule is c1ccc2c(c1)ncc1nc3n(c12)CCNCC3. The van der Waals surface area contributed by atoms with Crippen molar-refractivity contribution in [3.63, 3.8) is 0 Å². The Balaban J connectivity index is 2.13. The summed E-state index contributed by atoms with van der Waals surface area (Å²) in [6.07, 6.45) is 2.88. The summed E-state index contributed by atoms with van der Waals surface area (Å²) in [5.41, 5.74) is 3.30. The molecule has 0 aliphatic carbocycles. The lowest BCUT2D eigenvalue weighted by atomic mass is 10.2. The molecular weight excluding hydrogens is 224 g/mol. The third-order valence-corrected chi connectivity index (χ3v) is 3.60. The molecule has 4 rings (SSSR count). The Hall–Kier alpha value is -1.94. The van der Waals surface area contributed by atoms with Crippen LogP contribution in [-0.4, -0.2) is 27.6 Å². The molecule has 4 nitrogen and oxygen atoms in total. The van der Waals surface area contributed by atoms with E-state index in [0.717, 1.165) is 37.1 Å². The number of benzene rings is 1. The molecule has 0 saturated heterocycles. The number of aromatic nitrogens is 3. The monoisotopic (exact) mass is 238 g/mol. The van der Waals surface area contributed by atoms with Crippen LogP contribution in [0.5, 0.6) is 0 Å². The molecule has 1 aromatic carbocycles. The van der Waals surface area contributed by atoms with E-state index in [1.165, 1.54) is 16.7 Å². The summed E-state index contributed by atoms with van der Waals surface area (Å²) in [5, 5.41) is 4.62. The Labute approximate surface area is 105 Å². The lowest BCUT2D eigenvalue weighted by molar-refractivity contribution is 0.658. The minimum Gasteiger partial charge on any atom is -0.326 e. The molecule has 1 N–H and O–H groups in total. The first kappa shape index (κ1) is 10.0. The molecule has 2 aromatic heterocycles. The topological polar surface area (TPSA) is 42.7 Å². The molecule has 0 unspecified atom stereocenters. The number of hydrogen-bond donors (Lipinski definition) is 1. The van der Waals surface area contributed by atoms with Gasteiger partial charge in [-0.1, -0.05) is 18.2 Å². The first-order valence-electron chi connectivity index (χ1n) is 6.37. The molecule has 3 aromatic rings. The summed E-state index contributed by atoms with van der Waals surface area (Å²) in [6.45, 7) is 3.00. The molecule has 90 valence electrons. The van der Waals surface area contributed by atoms with Gasteiger partial charge in [0.05, 0.1) is 17.2 Å². The van der Waals surface area contributed by atoms with Crippen LogP contribution in [0.2, 0.25) is 0 Å². The predicted octanol–water partition coefficient (Wildman–Crippen LogP) is 1.73. The Kier molecular flexibility index (Phi) is 2.11. The Morgan fingerprint density at radius 2 is 2.06 bits per heavy atom. The smallest absolute Gasteiger partial charge is 0.111 e. The molecular formula is C14H14N4. The molecule has 0 radical (unpaired) electrons. The van der Waals surface area contributed by atoms with Gasteiger partial charge >= 0.3 is 0 Å². The minimum absolute atomic E-state index is 0.986. The zero-order valence-electron chi connectivity index (χ0n) is 10.1. The second kappa shape index (κ2) is 3.78. The van der Waals surface area contributed by atoms with E-state index in [9.17, 15) is 0 Å². The highest BCUT2D eigenvalue weighted by Gasteiger charge is 2.15. The minimum atomic E-state index is 0.986. The van der Waals surface area contributed by atoms with Crippen LogP contribution in [-0.2, 0) is 13.0 Å². The van der Waals surface area contributed by atoms with Gasteiger partial charge in [-0.2, -0.15) is 0 Å². The van der Waals surface area contributed by atoms with E-state index in [4.69, 9.17) is 4.98 Å². The Bertz CT molecular complexity index is 729. The summed E-state index contributed by atoms with van der Waals surface area (Å²) in [7, 11) is 0. The van der Waals surface area contributed by atoms with Gasteiger partial charge in [0.15, 0.2) is 0 Å². The number of pyridine rings is 1. The van der Waals surface area contributed by atoms with Gasteiger partial charge in [-0.15, -0.1) is 0 Å². The maximum Gasteiger partial charge on any atom is 0.111 e. The third kappa shape index (κ3) is 1.36. The van der Waals surface area contributed by atoms with Crippen molar-refractivity contribution >= 4 is 21.9 Å². The Morgan fingerprint density at radius 1 is 1.11 bits per heavy atom. The number of fused-ring (bicyclic) bond motifs is 5. The molecule has 0 atom stereocenters. The molecule has 18 heavy (non-hydrogen) atoms. The Morgan fingerprint density at radius 3 is 3.06 bits per heavy atom. The first-order chi connectivity index (χ1) is 8.93. The van der Waals surface area contributed by atoms with Gasteiger partial charge in [0.2, 0.25) is 0 Å². The maximum atomic E-state index is 4.72. The van der Waals surface area contributed by atoms with Crippen molar-refractivity contribution < 1.29 is 0 Å². The van der Waals surface area contributed by atoms with Crippen molar-refractivity contribution in [1.29, 1.82) is 0 Å². The number of hydrogen-bond acceptors (Lipinski definition) is 3. The van der Waals surface area contributed by atoms with Gasteiger partial charge in [0, 0.05) is 31.4 Å². The van der Waals surface area contributed by atoms with Crippen LogP contribution < -0.4 is 5.32 Å². The molecule has 1 aliphatic rings. The normalized spacial score (nSPS) is 15.8. The van der Waals surface area contributed by atoms with Gasteiger partial charge < -0.3 is 9.88 Å². The van der Waals surface area contributed by atoms with Gasteiger partial charge in [-0.3, -0.25) is 4.98 Å². The van der Waals surface area contributed by atoms with Crippen LogP contribution in [0.1, 0.15) is 5.82 Å². The molecule has 0 spiro atoms. The third-order valence-electron chi connectivity index (χ3n) is 3.60. The molecule has 3 heterocycles. The van der Waals surface area contributed by atoms with Crippen molar-refractivity contribution in [1.82, 2.24) is 19.9 Å². The fourth-order valence-electron chi connectivity index (χ4n) is 2.76. The zero-order chi connectivity index (χ0) is 11.9. The van der Waals surface area contributed by atoms with Gasteiger partial charge in [-0.25, -0.2) is 4.98 Å². The summed E-state index contributed by atoms with van der Waals surface area (Å²) in [6, 6.07) is 8.29. The molecule has 0 bridgehead atoms. The van der Waals surface area contributed by atoms with E-state index < -0.39 is 0 Å². The van der Waals surface area contributed by atoms with Crippen molar-refractivity contribution in [3.8, 4) is 0 Å². The maximum absolute atomic E-state index is 4.72. The summed E-state index contributed by atoms with van der Waals surface area (Å²) in [5.74, 6) is 1.17. The molecule has 0 amide bonds. The van der Waals surface area contributed by atoms with Crippen molar-refractivity contribution in [3.05, 3.63) is 36.3 Å². The fraction of sp³-hybridized carbons (Fsp3) is 0.286. The van der Waals surface area contributed by atoms with Crippen LogP contribution in [0.25, 0.3) is 21.9 Å². The lowest BCUT2D eigenvalue weighted by Gasteiger charge is -2.06. The number of imidazole rings is 1. The highest BCUT2D eigenvalue weighted by atomic mass is 15.1. The van der Waals surface area contributed by atoms with E-state index in [1.54, 1.807) is 0 Å². The fourth-order valence-corrected chi connectivity index (χ4v) is 2.76. The number of nitrogens with zero attached hydrogens (tertiary/aromatic N) is 3. The average molecular weight is 238 g/mol. The number of nitrogens with one attached hydrogen (secondary N) is 1. The van der Waals surface area contributed by atoms with Gasteiger partial charge in [-0.05, 0) is 6.07 Å². The van der Waals surface area contributed by atoms with Crippen LogP contribution in [0.4, 0.5) is 0 Å². The van der Waals surface area contributed by atoms with E-state index in [-0.39, 0.29) is 0 Å². The first-order valence-corrected chi connectivity index (χ1v) is 6.37. The van der Waals surface area contributed by atoms with Crippen LogP contribution in [0.15, 0.2) is 30.5 Å². The zero-order valence-corrected chi connectivity index (χ0v) is 10.1. The molecule has 0 fully saturated rings. The summed E-state index contributed by atoms with van der Waals surface area (Å²) < 4.78 is 2.35. The van der Waals surface area contributed by atoms with Crippen molar-refractivity contribution in [2.24, 2.45) is 0 Å². The van der Waals surface area contributed by atoms with Crippen molar-refractivity contribution in [2.45, 2.75) is 13.0 Å². The second-order valence-corrected chi connectivity index (χ2v) is 4.69. The standard InChI is InChI=1S/C14H14N4/c1-2-4-11-10(3-1)14-12(9-16-11)17-13-5-6-15-7-8-18(13)14/h1-4,9,15H,5-8H2. The van der Waals surface area contributed by atoms with E-state index in [0.29, 0.717) is 0 Å². The molecule has 0 saturated carbocycles. The van der Waals surface area contributed by atoms with Crippen LogP contribution in [0.3, 0.4) is 0 Å². The second-order valence-electron chi connectivity index (χ2n) is 4.69. The van der Waals surface area contributed by atoms with Gasteiger partial charge in [0.25, 0.3) is 0 Å². The predicted molar refractivity (Wildman–Crippen MR) is 71.6 cm³/mol. The average Bonchev–Trinajstić information content (AvgIpc) is 2.61. The summed E-state index contributed by atoms with van der Waals surface area (Å²) >= 11 is 0. The van der Waals surface area contributed by atoms with Crippen LogP contribution >= 0.6 is 0 Å². The largest absolute Gasteiger partial charge is 0.326 e. The molecule has 4 heteroatoms. The number of rotatable bonds is 0. The molecule has 1 aliphatic heterocycles. The van der Waals surface area contributed by atoms with Crippen LogP contribution in [0, 0.1) is 0 Å². The van der Waals surface area contributed by atoms with Gasteiger partial charge in [0.1, 0.15) is 11.3 Å². The van der Waals surface area contributed by atoms with E-state index in [2.05, 4.69) is 33.1 Å². The van der Waals surface area contributed by atoms with Crippen molar-refractivity contribution in [2.75, 3.05) is 13.1 Å². The summed E-state index contributed by atoms with van der Waals surface area (Å²) in [4.78, 5) is 9.21. The number of para-hydroxylation sites is 1. The van der Waals surface area contributed by atoms with E-state index >= 15 is 0 Å². The highest BCUT2D eigenvalue weighted by Crippen LogP contribution is 2.25. The quantitative estimate of drug-likeness (QED) is 0.648. The lowest BCUT2D eigenvalue weighted by Crippen LogP contribution is -2.17.